The summed E-state index contributed by atoms with van der Waals surface area (Å²) in [5.41, 5.74) is 7.68. The number of imidazole rings is 1. The predicted octanol–water partition coefficient (Wildman–Crippen LogP) is 6.51. The van der Waals surface area contributed by atoms with Crippen LogP contribution in [0.15, 0.2) is 59.4 Å². The van der Waals surface area contributed by atoms with Crippen molar-refractivity contribution >= 4 is 43.9 Å². The lowest BCUT2D eigenvalue weighted by molar-refractivity contribution is 0.325. The van der Waals surface area contributed by atoms with Gasteiger partial charge in [-0.05, 0) is 82.1 Å². The van der Waals surface area contributed by atoms with E-state index in [4.69, 9.17) is 9.97 Å². The second-order valence-electron chi connectivity index (χ2n) is 11.1. The lowest BCUT2D eigenvalue weighted by Crippen LogP contribution is -2.24. The molecule has 1 saturated heterocycles. The molecule has 1 aliphatic rings. The fourth-order valence-corrected chi connectivity index (χ4v) is 6.48. The Balaban J connectivity index is 1.41. The van der Waals surface area contributed by atoms with E-state index in [0.29, 0.717) is 12.1 Å². The highest BCUT2D eigenvalue weighted by Crippen LogP contribution is 2.34. The maximum absolute atomic E-state index is 12.7. The topological polar surface area (TPSA) is 71.7 Å². The number of likely N-dealkylation sites (tertiary alicyclic amines) is 1. The van der Waals surface area contributed by atoms with Crippen LogP contribution >= 0.6 is 0 Å². The van der Waals surface area contributed by atoms with E-state index in [1.165, 1.54) is 34.6 Å². The van der Waals surface area contributed by atoms with Gasteiger partial charge < -0.3 is 19.0 Å². The summed E-state index contributed by atoms with van der Waals surface area (Å²) in [6, 6.07) is 19.5. The van der Waals surface area contributed by atoms with E-state index in [1.54, 1.807) is 0 Å². The molecule has 1 fully saturated rings. The van der Waals surface area contributed by atoms with Crippen LogP contribution in [0.1, 0.15) is 45.2 Å². The average molecular weight is 533 g/mol. The number of para-hydroxylation sites is 1. The highest BCUT2D eigenvalue weighted by Gasteiger charge is 2.19. The van der Waals surface area contributed by atoms with E-state index < -0.39 is 0 Å². The number of unbranched alkanes of at least 4 members (excludes halogenated alkanes) is 1. The molecule has 4 heterocycles. The first-order valence-corrected chi connectivity index (χ1v) is 14.8. The van der Waals surface area contributed by atoms with E-state index in [-0.39, 0.29) is 5.56 Å². The highest BCUT2D eigenvalue weighted by molar-refractivity contribution is 6.09. The van der Waals surface area contributed by atoms with E-state index in [9.17, 15) is 4.79 Å². The smallest absolute Gasteiger partial charge is 0.270 e. The molecule has 40 heavy (non-hydrogen) atoms. The van der Waals surface area contributed by atoms with Crippen molar-refractivity contribution in [2.75, 3.05) is 19.6 Å². The molecule has 0 atom stereocenters. The van der Waals surface area contributed by atoms with Gasteiger partial charge in [-0.2, -0.15) is 0 Å². The molecule has 7 rings (SSSR count). The third-order valence-electron chi connectivity index (χ3n) is 8.58. The van der Waals surface area contributed by atoms with Gasteiger partial charge in [0.1, 0.15) is 11.5 Å². The molecule has 7 nitrogen and oxygen atoms in total. The second kappa shape index (κ2) is 10.2. The van der Waals surface area contributed by atoms with Crippen LogP contribution in [0, 0.1) is 0 Å². The van der Waals surface area contributed by atoms with Gasteiger partial charge in [0.25, 0.3) is 5.56 Å². The zero-order valence-electron chi connectivity index (χ0n) is 23.4. The van der Waals surface area contributed by atoms with Crippen LogP contribution in [-0.4, -0.2) is 48.6 Å². The SMILES string of the molecule is CCCCc1nc2cc3c(cc2[nH]c1=O)nc(-c1ccc2c(c1)c1ccccc1n2CC)n3CCN1CCCC1. The number of hydrogen-bond donors (Lipinski definition) is 1. The van der Waals surface area contributed by atoms with Crippen molar-refractivity contribution in [1.82, 2.24) is 29.0 Å². The van der Waals surface area contributed by atoms with Crippen LogP contribution in [0.4, 0.5) is 0 Å². The first kappa shape index (κ1) is 25.0. The van der Waals surface area contributed by atoms with Crippen LogP contribution in [0.25, 0.3) is 55.3 Å². The van der Waals surface area contributed by atoms with E-state index in [0.717, 1.165) is 79.0 Å². The fraction of sp³-hybridized carbons (Fsp3) is 0.364. The first-order chi connectivity index (χ1) is 19.6. The summed E-state index contributed by atoms with van der Waals surface area (Å²) in [5.74, 6) is 0.966. The minimum Gasteiger partial charge on any atom is -0.341 e. The van der Waals surface area contributed by atoms with Crippen LogP contribution < -0.4 is 5.56 Å². The maximum Gasteiger partial charge on any atom is 0.270 e. The summed E-state index contributed by atoms with van der Waals surface area (Å²) >= 11 is 0. The zero-order valence-corrected chi connectivity index (χ0v) is 23.4. The number of hydrogen-bond acceptors (Lipinski definition) is 4. The summed E-state index contributed by atoms with van der Waals surface area (Å²) in [6.45, 7) is 9.45. The molecule has 0 amide bonds. The predicted molar refractivity (Wildman–Crippen MR) is 164 cm³/mol. The Morgan fingerprint density at radius 1 is 0.825 bits per heavy atom. The molecule has 1 aliphatic heterocycles. The normalized spacial score (nSPS) is 14.4. The molecule has 7 heteroatoms. The minimum absolute atomic E-state index is 0.0910. The van der Waals surface area contributed by atoms with Crippen molar-refractivity contribution in [1.29, 1.82) is 0 Å². The fourth-order valence-electron chi connectivity index (χ4n) is 6.48. The summed E-state index contributed by atoms with van der Waals surface area (Å²) < 4.78 is 4.75. The van der Waals surface area contributed by atoms with Gasteiger partial charge in [-0.25, -0.2) is 9.97 Å². The van der Waals surface area contributed by atoms with E-state index in [1.807, 2.05) is 6.07 Å². The number of nitrogens with one attached hydrogen (secondary N) is 1. The third-order valence-corrected chi connectivity index (χ3v) is 8.58. The van der Waals surface area contributed by atoms with Crippen molar-refractivity contribution < 1.29 is 0 Å². The first-order valence-electron chi connectivity index (χ1n) is 14.8. The molecule has 0 bridgehead atoms. The van der Waals surface area contributed by atoms with Crippen molar-refractivity contribution in [3.05, 3.63) is 70.6 Å². The van der Waals surface area contributed by atoms with Crippen molar-refractivity contribution in [3.8, 4) is 11.4 Å². The molecule has 1 N–H and O–H groups in total. The van der Waals surface area contributed by atoms with Gasteiger partial charge in [0, 0.05) is 47.0 Å². The molecule has 204 valence electrons. The van der Waals surface area contributed by atoms with Crippen LogP contribution in [-0.2, 0) is 19.5 Å². The molecule has 0 aliphatic carbocycles. The van der Waals surface area contributed by atoms with E-state index >= 15 is 0 Å². The summed E-state index contributed by atoms with van der Waals surface area (Å²) in [6.07, 6.45) is 5.24. The largest absolute Gasteiger partial charge is 0.341 e. The Hall–Kier alpha value is -3.97. The Bertz CT molecular complexity index is 1920. The molecule has 3 aromatic heterocycles. The summed E-state index contributed by atoms with van der Waals surface area (Å²) in [7, 11) is 0. The average Bonchev–Trinajstić information content (AvgIpc) is 3.69. The van der Waals surface area contributed by atoms with Gasteiger partial charge >= 0.3 is 0 Å². The monoisotopic (exact) mass is 532 g/mol. The van der Waals surface area contributed by atoms with E-state index in [2.05, 4.69) is 81.4 Å². The zero-order chi connectivity index (χ0) is 27.2. The number of fused-ring (bicyclic) bond motifs is 5. The van der Waals surface area contributed by atoms with Gasteiger partial charge in [0.15, 0.2) is 0 Å². The minimum atomic E-state index is -0.0910. The lowest BCUT2D eigenvalue weighted by atomic mass is 10.1. The number of benzene rings is 3. The molecular formula is C33H36N6O. The Labute approximate surface area is 233 Å². The van der Waals surface area contributed by atoms with Gasteiger partial charge in [-0.1, -0.05) is 31.5 Å². The summed E-state index contributed by atoms with van der Waals surface area (Å²) in [4.78, 5) is 28.3. The molecule has 0 radical (unpaired) electrons. The van der Waals surface area contributed by atoms with Gasteiger partial charge in [0.05, 0.1) is 22.1 Å². The molecule has 0 unspecified atom stereocenters. The molecule has 0 saturated carbocycles. The molecule has 0 spiro atoms. The Kier molecular flexibility index (Phi) is 6.39. The second-order valence-corrected chi connectivity index (χ2v) is 11.1. The Morgan fingerprint density at radius 2 is 1.65 bits per heavy atom. The number of aromatic amines is 1. The van der Waals surface area contributed by atoms with Crippen LogP contribution in [0.2, 0.25) is 0 Å². The molecule has 3 aromatic carbocycles. The lowest BCUT2D eigenvalue weighted by Gasteiger charge is -2.17. The van der Waals surface area contributed by atoms with Crippen LogP contribution in [0.5, 0.6) is 0 Å². The van der Waals surface area contributed by atoms with Crippen molar-refractivity contribution in [2.24, 2.45) is 0 Å². The number of H-pyrrole nitrogens is 1. The number of aromatic nitrogens is 5. The van der Waals surface area contributed by atoms with Crippen molar-refractivity contribution in [3.63, 3.8) is 0 Å². The highest BCUT2D eigenvalue weighted by atomic mass is 16.1. The number of aryl methyl sites for hydroxylation is 2. The third kappa shape index (κ3) is 4.20. The molecular weight excluding hydrogens is 496 g/mol. The Morgan fingerprint density at radius 3 is 2.48 bits per heavy atom. The van der Waals surface area contributed by atoms with Crippen LogP contribution in [0.3, 0.4) is 0 Å². The van der Waals surface area contributed by atoms with Gasteiger partial charge in [0.2, 0.25) is 0 Å². The van der Waals surface area contributed by atoms with Crippen molar-refractivity contribution in [2.45, 2.75) is 59.0 Å². The maximum atomic E-state index is 12.7. The number of nitrogens with zero attached hydrogens (tertiary/aromatic N) is 5. The summed E-state index contributed by atoms with van der Waals surface area (Å²) in [5, 5.41) is 2.53. The standard InChI is InChI=1S/C33H36N6O/c1-3-5-11-25-33(40)36-26-20-28-31(21-27(26)34-25)39(18-17-37-15-8-9-16-37)32(35-28)22-13-14-30-24(19-22)23-10-6-7-12-29(23)38(30)4-2/h6-7,10,12-14,19-21H,3-5,8-9,11,15-18H2,1-2H3,(H,36,40). The quantitative estimate of drug-likeness (QED) is 0.243. The van der Waals surface area contributed by atoms with Gasteiger partial charge in [-0.3, -0.25) is 4.79 Å². The van der Waals surface area contributed by atoms with Gasteiger partial charge in [-0.15, -0.1) is 0 Å². The molecule has 6 aromatic rings. The number of rotatable bonds is 8.